The molecule has 1 aliphatic carbocycles. The van der Waals surface area contributed by atoms with Crippen molar-refractivity contribution in [2.24, 2.45) is 5.41 Å². The van der Waals surface area contributed by atoms with Crippen LogP contribution < -0.4 is 0 Å². The molecule has 13 heavy (non-hydrogen) atoms. The second kappa shape index (κ2) is 3.41. The van der Waals surface area contributed by atoms with Crippen molar-refractivity contribution in [3.05, 3.63) is 0 Å². The molecule has 0 atom stereocenters. The third kappa shape index (κ3) is 2.80. The average Bonchev–Trinajstić information content (AvgIpc) is 2.33. The third-order valence-corrected chi connectivity index (χ3v) is 2.86. The predicted octanol–water partition coefficient (Wildman–Crippen LogP) is 2.30. The molecule has 0 radical (unpaired) electrons. The minimum absolute atomic E-state index is 0.178. The van der Waals surface area contributed by atoms with Gasteiger partial charge in [0, 0.05) is 11.8 Å². The van der Waals surface area contributed by atoms with E-state index in [9.17, 15) is 9.90 Å². The van der Waals surface area contributed by atoms with Crippen LogP contribution in [0.5, 0.6) is 0 Å². The maximum Gasteiger partial charge on any atom is 0.141 e. The molecule has 0 spiro atoms. The first-order valence-corrected chi connectivity index (χ1v) is 5.09. The Balaban J connectivity index is 2.53. The van der Waals surface area contributed by atoms with Gasteiger partial charge in [0.25, 0.3) is 0 Å². The maximum absolute atomic E-state index is 11.7. The van der Waals surface area contributed by atoms with Crippen LogP contribution in [-0.2, 0) is 4.79 Å². The average molecular weight is 184 g/mol. The van der Waals surface area contributed by atoms with Crippen molar-refractivity contribution >= 4 is 5.78 Å². The zero-order chi connectivity index (χ0) is 10.1. The Hall–Kier alpha value is -0.370. The van der Waals surface area contributed by atoms with E-state index in [-0.39, 0.29) is 11.2 Å². The Kier molecular flexibility index (Phi) is 2.81. The van der Waals surface area contributed by atoms with E-state index in [1.54, 1.807) is 0 Å². The summed E-state index contributed by atoms with van der Waals surface area (Å²) in [6.45, 7) is 5.73. The number of hydrogen-bond acceptors (Lipinski definition) is 2. The number of aliphatic hydroxyl groups is 1. The van der Waals surface area contributed by atoms with E-state index in [4.69, 9.17) is 0 Å². The molecule has 1 rings (SSSR count). The normalized spacial score (nSPS) is 21.8. The molecule has 76 valence electrons. The number of carbonyl (C=O) groups excluding carboxylic acids is 1. The molecule has 0 heterocycles. The Morgan fingerprint density at radius 2 is 1.77 bits per heavy atom. The lowest BCUT2D eigenvalue weighted by Crippen LogP contribution is -2.33. The van der Waals surface area contributed by atoms with Crippen LogP contribution in [0.3, 0.4) is 0 Å². The first-order chi connectivity index (χ1) is 5.83. The Bertz CT molecular complexity index is 195. The molecule has 1 aliphatic rings. The number of hydrogen-bond donors (Lipinski definition) is 1. The van der Waals surface area contributed by atoms with Crippen LogP contribution in [-0.4, -0.2) is 16.5 Å². The molecule has 2 nitrogen and oxygen atoms in total. The molecule has 0 aromatic heterocycles. The van der Waals surface area contributed by atoms with E-state index in [2.05, 4.69) is 0 Å². The standard InChI is InChI=1S/C11H20O2/c1-10(2,3)9(12)8-11(13)6-4-5-7-11/h13H,4-8H2,1-3H3. The van der Waals surface area contributed by atoms with Crippen molar-refractivity contribution in [2.75, 3.05) is 0 Å². The van der Waals surface area contributed by atoms with Gasteiger partial charge in [-0.25, -0.2) is 0 Å². The quantitative estimate of drug-likeness (QED) is 0.715. The molecule has 0 amide bonds. The summed E-state index contributed by atoms with van der Waals surface area (Å²) in [6, 6.07) is 0. The first-order valence-electron chi connectivity index (χ1n) is 5.09. The molecule has 0 saturated heterocycles. The topological polar surface area (TPSA) is 37.3 Å². The summed E-state index contributed by atoms with van der Waals surface area (Å²) in [5.74, 6) is 0.178. The van der Waals surface area contributed by atoms with Gasteiger partial charge in [-0.05, 0) is 12.8 Å². The lowest BCUT2D eigenvalue weighted by molar-refractivity contribution is -0.131. The van der Waals surface area contributed by atoms with Gasteiger partial charge in [0.15, 0.2) is 0 Å². The first kappa shape index (κ1) is 10.7. The molecule has 1 fully saturated rings. The number of ketones is 1. The van der Waals surface area contributed by atoms with Gasteiger partial charge in [-0.2, -0.15) is 0 Å². The lowest BCUT2D eigenvalue weighted by Gasteiger charge is -2.25. The van der Waals surface area contributed by atoms with Crippen LogP contribution in [0.15, 0.2) is 0 Å². The van der Waals surface area contributed by atoms with Crippen LogP contribution in [0.1, 0.15) is 52.9 Å². The zero-order valence-electron chi connectivity index (χ0n) is 8.89. The van der Waals surface area contributed by atoms with Crippen molar-refractivity contribution in [1.82, 2.24) is 0 Å². The fraction of sp³-hybridized carbons (Fsp3) is 0.909. The van der Waals surface area contributed by atoms with E-state index >= 15 is 0 Å². The van der Waals surface area contributed by atoms with Crippen LogP contribution >= 0.6 is 0 Å². The van der Waals surface area contributed by atoms with Gasteiger partial charge in [0.05, 0.1) is 5.60 Å². The Labute approximate surface area is 80.3 Å². The largest absolute Gasteiger partial charge is 0.389 e. The zero-order valence-corrected chi connectivity index (χ0v) is 8.89. The fourth-order valence-electron chi connectivity index (χ4n) is 1.77. The molecule has 0 aromatic rings. The van der Waals surface area contributed by atoms with E-state index in [0.717, 1.165) is 25.7 Å². The number of rotatable bonds is 2. The molecule has 0 aliphatic heterocycles. The van der Waals surface area contributed by atoms with Crippen molar-refractivity contribution in [3.63, 3.8) is 0 Å². The van der Waals surface area contributed by atoms with Gasteiger partial charge in [-0.15, -0.1) is 0 Å². The summed E-state index contributed by atoms with van der Waals surface area (Å²) in [5, 5.41) is 10.0. The van der Waals surface area contributed by atoms with Crippen LogP contribution in [0.4, 0.5) is 0 Å². The van der Waals surface area contributed by atoms with Crippen LogP contribution in [0, 0.1) is 5.41 Å². The van der Waals surface area contributed by atoms with Crippen molar-refractivity contribution in [1.29, 1.82) is 0 Å². The highest BCUT2D eigenvalue weighted by molar-refractivity contribution is 5.84. The van der Waals surface area contributed by atoms with Gasteiger partial charge in [-0.1, -0.05) is 33.6 Å². The monoisotopic (exact) mass is 184 g/mol. The van der Waals surface area contributed by atoms with Crippen LogP contribution in [0.2, 0.25) is 0 Å². The molecule has 2 heteroatoms. The Morgan fingerprint density at radius 3 is 2.15 bits per heavy atom. The molecule has 0 bridgehead atoms. The van der Waals surface area contributed by atoms with Gasteiger partial charge in [0.1, 0.15) is 5.78 Å². The smallest absolute Gasteiger partial charge is 0.141 e. The second-order valence-electron chi connectivity index (χ2n) is 5.28. The fourth-order valence-corrected chi connectivity index (χ4v) is 1.77. The predicted molar refractivity (Wildman–Crippen MR) is 52.5 cm³/mol. The summed E-state index contributed by atoms with van der Waals surface area (Å²) in [4.78, 5) is 11.7. The second-order valence-corrected chi connectivity index (χ2v) is 5.28. The highest BCUT2D eigenvalue weighted by atomic mass is 16.3. The van der Waals surface area contributed by atoms with Crippen molar-refractivity contribution in [3.8, 4) is 0 Å². The van der Waals surface area contributed by atoms with E-state index in [0.29, 0.717) is 6.42 Å². The summed E-state index contributed by atoms with van der Waals surface area (Å²) in [6.07, 6.45) is 4.07. The summed E-state index contributed by atoms with van der Waals surface area (Å²) in [5.41, 5.74) is -0.983. The summed E-state index contributed by atoms with van der Waals surface area (Å²) in [7, 11) is 0. The molecular formula is C11H20O2. The van der Waals surface area contributed by atoms with E-state index in [1.165, 1.54) is 0 Å². The third-order valence-electron chi connectivity index (χ3n) is 2.86. The minimum Gasteiger partial charge on any atom is -0.389 e. The molecule has 0 unspecified atom stereocenters. The highest BCUT2D eigenvalue weighted by Gasteiger charge is 2.36. The maximum atomic E-state index is 11.7. The minimum atomic E-state index is -0.676. The molecule has 1 saturated carbocycles. The van der Waals surface area contributed by atoms with E-state index in [1.807, 2.05) is 20.8 Å². The van der Waals surface area contributed by atoms with Gasteiger partial charge < -0.3 is 5.11 Å². The van der Waals surface area contributed by atoms with Gasteiger partial charge >= 0.3 is 0 Å². The molecule has 1 N–H and O–H groups in total. The summed E-state index contributed by atoms with van der Waals surface area (Å²) < 4.78 is 0. The Morgan fingerprint density at radius 1 is 1.31 bits per heavy atom. The lowest BCUT2D eigenvalue weighted by atomic mass is 9.83. The SMILES string of the molecule is CC(C)(C)C(=O)CC1(O)CCCC1. The summed E-state index contributed by atoms with van der Waals surface area (Å²) >= 11 is 0. The van der Waals surface area contributed by atoms with E-state index < -0.39 is 5.60 Å². The highest BCUT2D eigenvalue weighted by Crippen LogP contribution is 2.34. The van der Waals surface area contributed by atoms with Crippen LogP contribution in [0.25, 0.3) is 0 Å². The van der Waals surface area contributed by atoms with Crippen molar-refractivity contribution in [2.45, 2.75) is 58.5 Å². The van der Waals surface area contributed by atoms with Gasteiger partial charge in [0.2, 0.25) is 0 Å². The number of Topliss-reactive ketones (excluding diaryl/α,β-unsaturated/α-hetero) is 1. The van der Waals surface area contributed by atoms with Crippen molar-refractivity contribution < 1.29 is 9.90 Å². The van der Waals surface area contributed by atoms with Gasteiger partial charge in [-0.3, -0.25) is 4.79 Å². The molecular weight excluding hydrogens is 164 g/mol. The number of carbonyl (C=O) groups is 1. The molecule has 0 aromatic carbocycles.